The van der Waals surface area contributed by atoms with Gasteiger partial charge in [-0.25, -0.2) is 0 Å². The van der Waals surface area contributed by atoms with Crippen LogP contribution in [0.5, 0.6) is 5.75 Å². The predicted molar refractivity (Wildman–Crippen MR) is 99.9 cm³/mol. The first-order valence-electron chi connectivity index (χ1n) is 8.76. The van der Waals surface area contributed by atoms with Gasteiger partial charge in [-0.2, -0.15) is 0 Å². The van der Waals surface area contributed by atoms with Gasteiger partial charge in [-0.15, -0.1) is 0 Å². The SMILES string of the molecule is CCOC(=O)C(C(=O)OCC)c1ccc([N+](=O)[O-])c(OCc2ccccc2)c1. The van der Waals surface area contributed by atoms with Crippen LogP contribution in [-0.2, 0) is 25.7 Å². The summed E-state index contributed by atoms with van der Waals surface area (Å²) < 4.78 is 15.5. The maximum atomic E-state index is 12.3. The maximum Gasteiger partial charge on any atom is 0.324 e. The summed E-state index contributed by atoms with van der Waals surface area (Å²) in [6, 6.07) is 12.9. The van der Waals surface area contributed by atoms with Crippen LogP contribution in [0, 0.1) is 10.1 Å². The first kappa shape index (κ1) is 20.9. The molecule has 0 spiro atoms. The molecule has 8 heteroatoms. The molecule has 0 saturated carbocycles. The lowest BCUT2D eigenvalue weighted by Gasteiger charge is -2.16. The number of carbonyl (C=O) groups is 2. The highest BCUT2D eigenvalue weighted by atomic mass is 16.6. The van der Waals surface area contributed by atoms with Crippen LogP contribution >= 0.6 is 0 Å². The molecule has 0 bridgehead atoms. The molecule has 28 heavy (non-hydrogen) atoms. The van der Waals surface area contributed by atoms with Gasteiger partial charge in [0.25, 0.3) is 0 Å². The van der Waals surface area contributed by atoms with Crippen molar-refractivity contribution in [1.29, 1.82) is 0 Å². The molecule has 2 aromatic carbocycles. The molecule has 2 rings (SSSR count). The van der Waals surface area contributed by atoms with Crippen molar-refractivity contribution in [3.63, 3.8) is 0 Å². The molecule has 8 nitrogen and oxygen atoms in total. The zero-order valence-corrected chi connectivity index (χ0v) is 15.6. The summed E-state index contributed by atoms with van der Waals surface area (Å²) in [5, 5.41) is 11.3. The summed E-state index contributed by atoms with van der Waals surface area (Å²) in [7, 11) is 0. The summed E-state index contributed by atoms with van der Waals surface area (Å²) in [5.74, 6) is -2.97. The Morgan fingerprint density at radius 3 is 2.14 bits per heavy atom. The molecular weight excluding hydrogens is 366 g/mol. The summed E-state index contributed by atoms with van der Waals surface area (Å²) in [5.41, 5.74) is 0.742. The monoisotopic (exact) mass is 387 g/mol. The Labute approximate surface area is 162 Å². The van der Waals surface area contributed by atoms with Crippen LogP contribution in [-0.4, -0.2) is 30.1 Å². The second kappa shape index (κ2) is 10.1. The standard InChI is InChI=1S/C20H21NO7/c1-3-26-19(22)18(20(23)27-4-2)15-10-11-16(21(24)25)17(12-15)28-13-14-8-6-5-7-9-14/h5-12,18H,3-4,13H2,1-2H3. The third-order valence-corrected chi connectivity index (χ3v) is 3.80. The van der Waals surface area contributed by atoms with E-state index in [4.69, 9.17) is 14.2 Å². The molecule has 0 aliphatic rings. The number of hydrogen-bond acceptors (Lipinski definition) is 7. The Morgan fingerprint density at radius 1 is 1.00 bits per heavy atom. The van der Waals surface area contributed by atoms with Crippen molar-refractivity contribution in [1.82, 2.24) is 0 Å². The van der Waals surface area contributed by atoms with Crippen molar-refractivity contribution < 1.29 is 28.7 Å². The number of ether oxygens (including phenoxy) is 3. The van der Waals surface area contributed by atoms with Crippen LogP contribution in [0.1, 0.15) is 30.9 Å². The van der Waals surface area contributed by atoms with Crippen LogP contribution in [0.25, 0.3) is 0 Å². The molecule has 0 aliphatic carbocycles. The molecule has 0 amide bonds. The number of nitrogens with zero attached hydrogens (tertiary/aromatic N) is 1. The fourth-order valence-corrected chi connectivity index (χ4v) is 2.53. The Morgan fingerprint density at radius 2 is 1.61 bits per heavy atom. The van der Waals surface area contributed by atoms with Gasteiger partial charge in [-0.05, 0) is 31.0 Å². The number of hydrogen-bond donors (Lipinski definition) is 0. The zero-order chi connectivity index (χ0) is 20.5. The second-order valence-electron chi connectivity index (χ2n) is 5.70. The lowest BCUT2D eigenvalue weighted by Crippen LogP contribution is -2.26. The van der Waals surface area contributed by atoms with Crippen molar-refractivity contribution in [2.45, 2.75) is 26.4 Å². The Kier molecular flexibility index (Phi) is 7.50. The highest BCUT2D eigenvalue weighted by Crippen LogP contribution is 2.32. The maximum absolute atomic E-state index is 12.3. The Balaban J connectivity index is 2.38. The van der Waals surface area contributed by atoms with Crippen molar-refractivity contribution >= 4 is 17.6 Å². The van der Waals surface area contributed by atoms with E-state index in [9.17, 15) is 19.7 Å². The van der Waals surface area contributed by atoms with Gasteiger partial charge < -0.3 is 14.2 Å². The van der Waals surface area contributed by atoms with Gasteiger partial charge in [0, 0.05) is 6.07 Å². The van der Waals surface area contributed by atoms with Crippen LogP contribution in [0.15, 0.2) is 48.5 Å². The molecule has 0 unspecified atom stereocenters. The highest BCUT2D eigenvalue weighted by Gasteiger charge is 2.33. The minimum Gasteiger partial charge on any atom is -0.482 e. The Bertz CT molecular complexity index is 818. The topological polar surface area (TPSA) is 105 Å². The molecule has 0 radical (unpaired) electrons. The van der Waals surface area contributed by atoms with Crippen LogP contribution < -0.4 is 4.74 Å². The lowest BCUT2D eigenvalue weighted by molar-refractivity contribution is -0.386. The molecular formula is C20H21NO7. The molecule has 0 fully saturated rings. The van der Waals surface area contributed by atoms with Crippen LogP contribution in [0.4, 0.5) is 5.69 Å². The van der Waals surface area contributed by atoms with Crippen molar-refractivity contribution in [3.05, 3.63) is 69.8 Å². The van der Waals surface area contributed by atoms with E-state index in [1.807, 2.05) is 30.3 Å². The van der Waals surface area contributed by atoms with Gasteiger partial charge in [-0.1, -0.05) is 36.4 Å². The fourth-order valence-electron chi connectivity index (χ4n) is 2.53. The van der Waals surface area contributed by atoms with E-state index in [-0.39, 0.29) is 36.8 Å². The summed E-state index contributed by atoms with van der Waals surface area (Å²) in [6.45, 7) is 3.49. The van der Waals surface area contributed by atoms with E-state index in [1.165, 1.54) is 18.2 Å². The van der Waals surface area contributed by atoms with Gasteiger partial charge in [0.1, 0.15) is 6.61 Å². The van der Waals surface area contributed by atoms with E-state index < -0.39 is 22.8 Å². The first-order valence-corrected chi connectivity index (χ1v) is 8.76. The number of rotatable bonds is 9. The van der Waals surface area contributed by atoms with Crippen LogP contribution in [0.2, 0.25) is 0 Å². The molecule has 0 heterocycles. The average molecular weight is 387 g/mol. The van der Waals surface area contributed by atoms with Gasteiger partial charge in [0.2, 0.25) is 0 Å². The van der Waals surface area contributed by atoms with Gasteiger partial charge in [-0.3, -0.25) is 19.7 Å². The fraction of sp³-hybridized carbons (Fsp3) is 0.300. The summed E-state index contributed by atoms with van der Waals surface area (Å²) in [4.78, 5) is 35.3. The van der Waals surface area contributed by atoms with Crippen LogP contribution in [0.3, 0.4) is 0 Å². The summed E-state index contributed by atoms with van der Waals surface area (Å²) >= 11 is 0. The number of benzene rings is 2. The number of nitro benzene ring substituents is 1. The third-order valence-electron chi connectivity index (χ3n) is 3.80. The number of esters is 2. The highest BCUT2D eigenvalue weighted by molar-refractivity contribution is 6.01. The largest absolute Gasteiger partial charge is 0.482 e. The van der Waals surface area contributed by atoms with E-state index >= 15 is 0 Å². The molecule has 0 aromatic heterocycles. The first-order chi connectivity index (χ1) is 13.5. The second-order valence-corrected chi connectivity index (χ2v) is 5.70. The average Bonchev–Trinajstić information content (AvgIpc) is 2.67. The molecule has 0 N–H and O–H groups in total. The number of carbonyl (C=O) groups excluding carboxylic acids is 2. The van der Waals surface area contributed by atoms with Gasteiger partial charge in [0.05, 0.1) is 18.1 Å². The summed E-state index contributed by atoms with van der Waals surface area (Å²) in [6.07, 6.45) is 0. The molecule has 0 aliphatic heterocycles. The zero-order valence-electron chi connectivity index (χ0n) is 15.6. The van der Waals surface area contributed by atoms with E-state index in [0.717, 1.165) is 5.56 Å². The van der Waals surface area contributed by atoms with Crippen molar-refractivity contribution in [2.75, 3.05) is 13.2 Å². The normalized spacial score (nSPS) is 10.4. The smallest absolute Gasteiger partial charge is 0.324 e. The van der Waals surface area contributed by atoms with Gasteiger partial charge >= 0.3 is 17.6 Å². The van der Waals surface area contributed by atoms with Gasteiger partial charge in [0.15, 0.2) is 11.7 Å². The van der Waals surface area contributed by atoms with E-state index in [1.54, 1.807) is 13.8 Å². The van der Waals surface area contributed by atoms with Crippen molar-refractivity contribution in [2.24, 2.45) is 0 Å². The Hall–Kier alpha value is -3.42. The molecule has 0 atom stereocenters. The van der Waals surface area contributed by atoms with E-state index in [0.29, 0.717) is 0 Å². The molecule has 2 aromatic rings. The lowest BCUT2D eigenvalue weighted by atomic mass is 9.98. The number of nitro groups is 1. The molecule has 148 valence electrons. The van der Waals surface area contributed by atoms with Crippen molar-refractivity contribution in [3.8, 4) is 5.75 Å². The predicted octanol–water partition coefficient (Wildman–Crippen LogP) is 3.38. The minimum atomic E-state index is -1.35. The van der Waals surface area contributed by atoms with E-state index in [2.05, 4.69) is 0 Å². The molecule has 0 saturated heterocycles. The minimum absolute atomic E-state index is 0.0510. The quantitative estimate of drug-likeness (QED) is 0.281. The third kappa shape index (κ3) is 5.29.